The molecule has 1 amide bonds. The normalized spacial score (nSPS) is 17.4. The highest BCUT2D eigenvalue weighted by Gasteiger charge is 2.19. The zero-order valence-corrected chi connectivity index (χ0v) is 16.3. The van der Waals surface area contributed by atoms with Crippen LogP contribution < -0.4 is 5.32 Å². The average Bonchev–Trinajstić information content (AvgIpc) is 3.25. The van der Waals surface area contributed by atoms with Crippen LogP contribution in [-0.4, -0.2) is 44.6 Å². The average molecular weight is 375 g/mol. The van der Waals surface area contributed by atoms with Gasteiger partial charge in [0.2, 0.25) is 11.1 Å². The van der Waals surface area contributed by atoms with Crippen molar-refractivity contribution in [3.05, 3.63) is 29.8 Å². The van der Waals surface area contributed by atoms with Gasteiger partial charge in [-0.1, -0.05) is 44.7 Å². The van der Waals surface area contributed by atoms with Gasteiger partial charge in [0.1, 0.15) is 0 Å². The molecule has 7 nitrogen and oxygen atoms in total. The second kappa shape index (κ2) is 8.18. The van der Waals surface area contributed by atoms with Crippen molar-refractivity contribution in [2.24, 2.45) is 0 Å². The van der Waals surface area contributed by atoms with Gasteiger partial charge >= 0.3 is 0 Å². The zero-order valence-electron chi connectivity index (χ0n) is 15.4. The zero-order chi connectivity index (χ0) is 18.6. The van der Waals surface area contributed by atoms with Crippen molar-refractivity contribution >= 4 is 23.4 Å². The standard InChI is InChI=1S/C18H25N5O2S/c1-18(2,3)13-6-8-14(9-7-13)19-16(24)12-26-17-20-21-22-23(17)11-15-5-4-10-25-15/h6-9,15H,4-5,10-12H2,1-3H3,(H,19,24). The molecular weight excluding hydrogens is 350 g/mol. The molecule has 0 aliphatic carbocycles. The third-order valence-electron chi connectivity index (χ3n) is 4.27. The Balaban J connectivity index is 1.50. The van der Waals surface area contributed by atoms with Gasteiger partial charge in [0.25, 0.3) is 0 Å². The van der Waals surface area contributed by atoms with E-state index in [4.69, 9.17) is 4.74 Å². The number of aromatic nitrogens is 4. The molecule has 26 heavy (non-hydrogen) atoms. The maximum Gasteiger partial charge on any atom is 0.234 e. The molecular formula is C18H25N5O2S. The molecule has 0 spiro atoms. The van der Waals surface area contributed by atoms with Crippen molar-refractivity contribution < 1.29 is 9.53 Å². The fourth-order valence-electron chi connectivity index (χ4n) is 2.78. The van der Waals surface area contributed by atoms with Crippen LogP contribution in [0, 0.1) is 0 Å². The number of anilines is 1. The number of hydrogen-bond donors (Lipinski definition) is 1. The van der Waals surface area contributed by atoms with Gasteiger partial charge in [0.15, 0.2) is 0 Å². The molecule has 1 fully saturated rings. The molecule has 2 aromatic rings. The highest BCUT2D eigenvalue weighted by atomic mass is 32.2. The van der Waals surface area contributed by atoms with Gasteiger partial charge < -0.3 is 10.1 Å². The number of hydrogen-bond acceptors (Lipinski definition) is 6. The molecule has 8 heteroatoms. The Morgan fingerprint density at radius 3 is 2.77 bits per heavy atom. The number of benzene rings is 1. The monoisotopic (exact) mass is 375 g/mol. The van der Waals surface area contributed by atoms with Gasteiger partial charge in [0.05, 0.1) is 18.4 Å². The lowest BCUT2D eigenvalue weighted by atomic mass is 9.87. The number of thioether (sulfide) groups is 1. The Morgan fingerprint density at radius 2 is 2.12 bits per heavy atom. The number of carbonyl (C=O) groups is 1. The Morgan fingerprint density at radius 1 is 1.35 bits per heavy atom. The van der Waals surface area contributed by atoms with Gasteiger partial charge in [-0.3, -0.25) is 4.79 Å². The largest absolute Gasteiger partial charge is 0.376 e. The number of nitrogens with one attached hydrogen (secondary N) is 1. The lowest BCUT2D eigenvalue weighted by Gasteiger charge is -2.19. The van der Waals surface area contributed by atoms with E-state index < -0.39 is 0 Å². The quantitative estimate of drug-likeness (QED) is 0.782. The highest BCUT2D eigenvalue weighted by molar-refractivity contribution is 7.99. The minimum absolute atomic E-state index is 0.0785. The summed E-state index contributed by atoms with van der Waals surface area (Å²) in [5.41, 5.74) is 2.12. The number of amides is 1. The van der Waals surface area contributed by atoms with E-state index in [1.54, 1.807) is 4.68 Å². The van der Waals surface area contributed by atoms with Crippen LogP contribution in [0.25, 0.3) is 0 Å². The molecule has 3 rings (SSSR count). The molecule has 0 radical (unpaired) electrons. The van der Waals surface area contributed by atoms with Gasteiger partial charge in [0, 0.05) is 12.3 Å². The van der Waals surface area contributed by atoms with E-state index in [9.17, 15) is 4.79 Å². The van der Waals surface area contributed by atoms with Gasteiger partial charge in [-0.25, -0.2) is 4.68 Å². The van der Waals surface area contributed by atoms with E-state index in [0.717, 1.165) is 25.1 Å². The van der Waals surface area contributed by atoms with Crippen LogP contribution in [0.4, 0.5) is 5.69 Å². The molecule has 140 valence electrons. The minimum Gasteiger partial charge on any atom is -0.376 e. The van der Waals surface area contributed by atoms with Gasteiger partial charge in [-0.05, 0) is 46.4 Å². The fraction of sp³-hybridized carbons (Fsp3) is 0.556. The predicted octanol–water partition coefficient (Wildman–Crippen LogP) is 2.88. The summed E-state index contributed by atoms with van der Waals surface area (Å²) in [6.07, 6.45) is 2.26. The fourth-order valence-corrected chi connectivity index (χ4v) is 3.46. The van der Waals surface area contributed by atoms with Gasteiger partial charge in [-0.15, -0.1) is 5.10 Å². The smallest absolute Gasteiger partial charge is 0.234 e. The van der Waals surface area contributed by atoms with E-state index in [1.807, 2.05) is 24.3 Å². The summed E-state index contributed by atoms with van der Waals surface area (Å²) >= 11 is 1.33. The first-order valence-electron chi connectivity index (χ1n) is 8.83. The summed E-state index contributed by atoms with van der Waals surface area (Å²) in [7, 11) is 0. The van der Waals surface area contributed by atoms with E-state index in [0.29, 0.717) is 11.7 Å². The maximum atomic E-state index is 12.2. The number of nitrogens with zero attached hydrogens (tertiary/aromatic N) is 4. The molecule has 1 N–H and O–H groups in total. The molecule has 0 bridgehead atoms. The Bertz CT molecular complexity index is 733. The highest BCUT2D eigenvalue weighted by Crippen LogP contribution is 2.24. The number of tetrazole rings is 1. The Labute approximate surface area is 157 Å². The molecule has 1 aromatic heterocycles. The van der Waals surface area contributed by atoms with Crippen LogP contribution in [0.3, 0.4) is 0 Å². The minimum atomic E-state index is -0.0785. The van der Waals surface area contributed by atoms with Crippen LogP contribution >= 0.6 is 11.8 Å². The summed E-state index contributed by atoms with van der Waals surface area (Å²) < 4.78 is 7.33. The molecule has 1 aromatic carbocycles. The topological polar surface area (TPSA) is 81.9 Å². The number of carbonyl (C=O) groups excluding carboxylic acids is 1. The first-order valence-corrected chi connectivity index (χ1v) is 9.81. The van der Waals surface area contributed by atoms with E-state index in [2.05, 4.69) is 41.6 Å². The number of ether oxygens (including phenoxy) is 1. The van der Waals surface area contributed by atoms with Crippen LogP contribution in [-0.2, 0) is 21.5 Å². The lowest BCUT2D eigenvalue weighted by molar-refractivity contribution is -0.113. The van der Waals surface area contributed by atoms with Crippen LogP contribution in [0.15, 0.2) is 29.4 Å². The second-order valence-electron chi connectivity index (χ2n) is 7.44. The predicted molar refractivity (Wildman–Crippen MR) is 101 cm³/mol. The van der Waals surface area contributed by atoms with Crippen molar-refractivity contribution in [2.75, 3.05) is 17.7 Å². The van der Waals surface area contributed by atoms with Gasteiger partial charge in [-0.2, -0.15) is 0 Å². The van der Waals surface area contributed by atoms with Crippen molar-refractivity contribution in [3.8, 4) is 0 Å². The van der Waals surface area contributed by atoms with Crippen molar-refractivity contribution in [3.63, 3.8) is 0 Å². The molecule has 1 saturated heterocycles. The molecule has 1 unspecified atom stereocenters. The first kappa shape index (κ1) is 18.8. The second-order valence-corrected chi connectivity index (χ2v) is 8.39. The lowest BCUT2D eigenvalue weighted by Crippen LogP contribution is -2.18. The summed E-state index contributed by atoms with van der Waals surface area (Å²) in [6.45, 7) is 7.92. The third kappa shape index (κ3) is 5.04. The summed E-state index contributed by atoms with van der Waals surface area (Å²) in [6, 6.07) is 7.96. The SMILES string of the molecule is CC(C)(C)c1ccc(NC(=O)CSc2nnnn2CC2CCCO2)cc1. The van der Waals surface area contributed by atoms with Crippen LogP contribution in [0.5, 0.6) is 0 Å². The third-order valence-corrected chi connectivity index (χ3v) is 5.22. The van der Waals surface area contributed by atoms with Crippen LogP contribution in [0.2, 0.25) is 0 Å². The molecule has 1 aliphatic rings. The Hall–Kier alpha value is -1.93. The molecule has 1 atom stereocenters. The number of rotatable bonds is 6. The molecule has 2 heterocycles. The van der Waals surface area contributed by atoms with E-state index >= 15 is 0 Å². The summed E-state index contributed by atoms with van der Waals surface area (Å²) in [4.78, 5) is 12.2. The van der Waals surface area contributed by atoms with Crippen molar-refractivity contribution in [2.45, 2.75) is 56.8 Å². The van der Waals surface area contributed by atoms with Crippen molar-refractivity contribution in [1.29, 1.82) is 0 Å². The summed E-state index contributed by atoms with van der Waals surface area (Å²) in [5, 5.41) is 15.3. The molecule has 0 saturated carbocycles. The van der Waals surface area contributed by atoms with E-state index in [-0.39, 0.29) is 23.2 Å². The Kier molecular flexibility index (Phi) is 5.93. The molecule has 1 aliphatic heterocycles. The maximum absolute atomic E-state index is 12.2. The van der Waals surface area contributed by atoms with E-state index in [1.165, 1.54) is 17.3 Å². The first-order chi connectivity index (χ1) is 12.4. The summed E-state index contributed by atoms with van der Waals surface area (Å²) in [5.74, 6) is 0.178. The van der Waals surface area contributed by atoms with Crippen molar-refractivity contribution in [1.82, 2.24) is 20.2 Å². The van der Waals surface area contributed by atoms with Crippen LogP contribution in [0.1, 0.15) is 39.2 Å².